The van der Waals surface area contributed by atoms with Crippen molar-refractivity contribution >= 4 is 34.5 Å². The molecule has 0 saturated heterocycles. The summed E-state index contributed by atoms with van der Waals surface area (Å²) >= 11 is 13.5. The van der Waals surface area contributed by atoms with Gasteiger partial charge in [-0.3, -0.25) is 0 Å². The lowest BCUT2D eigenvalue weighted by atomic mass is 10.3. The number of ether oxygens (including phenoxy) is 1. The smallest absolute Gasteiger partial charge is 0.139 e. The Morgan fingerprint density at radius 3 is 2.95 bits per heavy atom. The van der Waals surface area contributed by atoms with Crippen LogP contribution in [0.15, 0.2) is 29.6 Å². The molecule has 2 aromatic rings. The van der Waals surface area contributed by atoms with Crippen LogP contribution in [0.1, 0.15) is 10.4 Å². The number of hydrogen-bond donors (Lipinski definition) is 1. The third-order valence-electron chi connectivity index (χ3n) is 2.27. The SMILES string of the molecule is NCC#Cc1csc(COc2cccc(Cl)c2Cl)c1. The summed E-state index contributed by atoms with van der Waals surface area (Å²) in [5, 5.41) is 2.89. The molecule has 0 unspecified atom stereocenters. The quantitative estimate of drug-likeness (QED) is 0.871. The number of halogens is 2. The predicted octanol–water partition coefficient (Wildman–Crippen LogP) is 3.94. The van der Waals surface area contributed by atoms with Gasteiger partial charge in [-0.05, 0) is 18.2 Å². The summed E-state index contributed by atoms with van der Waals surface area (Å²) in [7, 11) is 0. The van der Waals surface area contributed by atoms with Gasteiger partial charge in [0.15, 0.2) is 0 Å². The van der Waals surface area contributed by atoms with Crippen molar-refractivity contribution < 1.29 is 4.74 Å². The second kappa shape index (κ2) is 6.83. The van der Waals surface area contributed by atoms with Crippen molar-refractivity contribution in [1.82, 2.24) is 0 Å². The van der Waals surface area contributed by atoms with Crippen LogP contribution in [0.2, 0.25) is 10.0 Å². The monoisotopic (exact) mass is 311 g/mol. The highest BCUT2D eigenvalue weighted by molar-refractivity contribution is 7.10. The van der Waals surface area contributed by atoms with E-state index in [-0.39, 0.29) is 0 Å². The molecular formula is C14H11Cl2NOS. The zero-order valence-electron chi connectivity index (χ0n) is 9.95. The lowest BCUT2D eigenvalue weighted by Gasteiger charge is -2.07. The molecule has 0 amide bonds. The molecule has 0 aliphatic carbocycles. The largest absolute Gasteiger partial charge is 0.486 e. The minimum absolute atomic E-state index is 0.361. The number of thiophene rings is 1. The fraction of sp³-hybridized carbons (Fsp3) is 0.143. The highest BCUT2D eigenvalue weighted by atomic mass is 35.5. The highest BCUT2D eigenvalue weighted by Gasteiger charge is 2.06. The van der Waals surface area contributed by atoms with Gasteiger partial charge in [0.25, 0.3) is 0 Å². The van der Waals surface area contributed by atoms with E-state index in [0.717, 1.165) is 10.4 Å². The molecular weight excluding hydrogens is 301 g/mol. The topological polar surface area (TPSA) is 35.2 Å². The number of rotatable bonds is 3. The van der Waals surface area contributed by atoms with Crippen LogP contribution in [0.25, 0.3) is 0 Å². The lowest BCUT2D eigenvalue weighted by molar-refractivity contribution is 0.310. The van der Waals surface area contributed by atoms with Gasteiger partial charge in [-0.1, -0.05) is 41.1 Å². The normalized spacial score (nSPS) is 9.84. The maximum Gasteiger partial charge on any atom is 0.139 e. The Morgan fingerprint density at radius 2 is 2.16 bits per heavy atom. The molecule has 0 bridgehead atoms. The van der Waals surface area contributed by atoms with Crippen molar-refractivity contribution in [2.75, 3.05) is 6.54 Å². The molecule has 5 heteroatoms. The van der Waals surface area contributed by atoms with E-state index in [9.17, 15) is 0 Å². The second-order valence-electron chi connectivity index (χ2n) is 3.65. The average Bonchev–Trinajstić information content (AvgIpc) is 2.86. The van der Waals surface area contributed by atoms with Crippen LogP contribution in [-0.2, 0) is 6.61 Å². The lowest BCUT2D eigenvalue weighted by Crippen LogP contribution is -1.94. The van der Waals surface area contributed by atoms with E-state index in [1.807, 2.05) is 11.4 Å². The van der Waals surface area contributed by atoms with Gasteiger partial charge < -0.3 is 10.5 Å². The first kappa shape index (κ1) is 14.2. The molecule has 0 aliphatic heterocycles. The molecule has 19 heavy (non-hydrogen) atoms. The van der Waals surface area contributed by atoms with Crippen molar-refractivity contribution in [2.45, 2.75) is 6.61 Å². The van der Waals surface area contributed by atoms with E-state index in [4.69, 9.17) is 33.7 Å². The molecule has 0 radical (unpaired) electrons. The number of hydrogen-bond acceptors (Lipinski definition) is 3. The first-order valence-electron chi connectivity index (χ1n) is 5.54. The minimum Gasteiger partial charge on any atom is -0.486 e. The van der Waals surface area contributed by atoms with Crippen molar-refractivity contribution in [2.24, 2.45) is 5.73 Å². The molecule has 2 N–H and O–H groups in total. The van der Waals surface area contributed by atoms with Gasteiger partial charge >= 0.3 is 0 Å². The summed E-state index contributed by atoms with van der Waals surface area (Å²) in [6.07, 6.45) is 0. The van der Waals surface area contributed by atoms with E-state index < -0.39 is 0 Å². The summed E-state index contributed by atoms with van der Waals surface area (Å²) in [5.41, 5.74) is 6.28. The van der Waals surface area contributed by atoms with E-state index in [1.54, 1.807) is 29.5 Å². The van der Waals surface area contributed by atoms with Gasteiger partial charge in [0.05, 0.1) is 11.6 Å². The van der Waals surface area contributed by atoms with Gasteiger partial charge in [-0.15, -0.1) is 11.3 Å². The van der Waals surface area contributed by atoms with Crippen molar-refractivity contribution in [3.63, 3.8) is 0 Å². The molecule has 0 saturated carbocycles. The third-order valence-corrected chi connectivity index (χ3v) is 3.99. The van der Waals surface area contributed by atoms with E-state index >= 15 is 0 Å². The van der Waals surface area contributed by atoms with Gasteiger partial charge in [0.1, 0.15) is 17.4 Å². The van der Waals surface area contributed by atoms with Gasteiger partial charge in [0, 0.05) is 15.8 Å². The molecule has 98 valence electrons. The zero-order chi connectivity index (χ0) is 13.7. The van der Waals surface area contributed by atoms with Crippen LogP contribution in [0.4, 0.5) is 0 Å². The van der Waals surface area contributed by atoms with E-state index in [1.165, 1.54) is 0 Å². The first-order valence-corrected chi connectivity index (χ1v) is 7.17. The van der Waals surface area contributed by atoms with Gasteiger partial charge in [0.2, 0.25) is 0 Å². The summed E-state index contributed by atoms with van der Waals surface area (Å²) in [6, 6.07) is 7.29. The van der Waals surface area contributed by atoms with Crippen LogP contribution >= 0.6 is 34.5 Å². The molecule has 2 rings (SSSR count). The molecule has 0 atom stereocenters. The van der Waals surface area contributed by atoms with Crippen molar-refractivity contribution in [3.05, 3.63) is 50.1 Å². The molecule has 1 heterocycles. The van der Waals surface area contributed by atoms with Crippen LogP contribution < -0.4 is 10.5 Å². The molecule has 0 spiro atoms. The number of benzene rings is 1. The Morgan fingerprint density at radius 1 is 1.32 bits per heavy atom. The van der Waals surface area contributed by atoms with Crippen LogP contribution in [-0.4, -0.2) is 6.54 Å². The van der Waals surface area contributed by atoms with Crippen LogP contribution in [0.3, 0.4) is 0 Å². The fourth-order valence-electron chi connectivity index (χ4n) is 1.42. The Bertz CT molecular complexity index is 628. The maximum absolute atomic E-state index is 6.04. The van der Waals surface area contributed by atoms with Gasteiger partial charge in [-0.2, -0.15) is 0 Å². The van der Waals surface area contributed by atoms with E-state index in [2.05, 4.69) is 11.8 Å². The molecule has 1 aromatic heterocycles. The van der Waals surface area contributed by atoms with Crippen molar-refractivity contribution in [3.8, 4) is 17.6 Å². The zero-order valence-corrected chi connectivity index (χ0v) is 12.3. The molecule has 1 aromatic carbocycles. The number of nitrogens with two attached hydrogens (primary N) is 1. The van der Waals surface area contributed by atoms with Crippen molar-refractivity contribution in [1.29, 1.82) is 0 Å². The Labute approximate surface area is 126 Å². The van der Waals surface area contributed by atoms with Crippen LogP contribution in [0, 0.1) is 11.8 Å². The summed E-state index contributed by atoms with van der Waals surface area (Å²) < 4.78 is 5.64. The van der Waals surface area contributed by atoms with Gasteiger partial charge in [-0.25, -0.2) is 0 Å². The molecule has 0 aliphatic rings. The summed E-state index contributed by atoms with van der Waals surface area (Å²) in [6.45, 7) is 0.800. The van der Waals surface area contributed by atoms with E-state index in [0.29, 0.717) is 28.9 Å². The Kier molecular flexibility index (Phi) is 5.12. The highest BCUT2D eigenvalue weighted by Crippen LogP contribution is 2.32. The summed E-state index contributed by atoms with van der Waals surface area (Å²) in [5.74, 6) is 6.37. The standard InChI is InChI=1S/C14H11Cl2NOS/c15-12-4-1-5-13(14(12)16)18-8-11-7-10(9-19-11)3-2-6-17/h1,4-5,7,9H,6,8,17H2. The fourth-order valence-corrected chi connectivity index (χ4v) is 2.49. The second-order valence-corrected chi connectivity index (χ2v) is 5.43. The summed E-state index contributed by atoms with van der Waals surface area (Å²) in [4.78, 5) is 1.07. The Balaban J connectivity index is 2.02. The average molecular weight is 312 g/mol. The molecule has 0 fully saturated rings. The minimum atomic E-state index is 0.361. The predicted molar refractivity (Wildman–Crippen MR) is 81.0 cm³/mol. The maximum atomic E-state index is 6.04. The van der Waals surface area contributed by atoms with Crippen LogP contribution in [0.5, 0.6) is 5.75 Å². The molecule has 2 nitrogen and oxygen atoms in total. The third kappa shape index (κ3) is 3.89. The first-order chi connectivity index (χ1) is 9.20. The Hall–Kier alpha value is -1.18.